The summed E-state index contributed by atoms with van der Waals surface area (Å²) >= 11 is 0. The van der Waals surface area contributed by atoms with Gasteiger partial charge in [-0.15, -0.1) is 12.4 Å². The van der Waals surface area contributed by atoms with Gasteiger partial charge in [0.15, 0.2) is 0 Å². The lowest BCUT2D eigenvalue weighted by molar-refractivity contribution is 0.568. The molecule has 7 nitrogen and oxygen atoms in total. The van der Waals surface area contributed by atoms with E-state index in [1.165, 1.54) is 18.6 Å². The fourth-order valence-electron chi connectivity index (χ4n) is 3.89. The highest BCUT2D eigenvalue weighted by Crippen LogP contribution is 2.21. The van der Waals surface area contributed by atoms with Crippen LogP contribution in [0.3, 0.4) is 0 Å². The third-order valence-electron chi connectivity index (χ3n) is 5.55. The second-order valence-electron chi connectivity index (χ2n) is 7.90. The number of halogens is 2. The topological polar surface area (TPSA) is 78.3 Å². The van der Waals surface area contributed by atoms with Gasteiger partial charge in [-0.3, -0.25) is 0 Å². The summed E-state index contributed by atoms with van der Waals surface area (Å²) in [4.78, 5) is 15.8. The number of nitrogens with one attached hydrogen (secondary N) is 2. The molecule has 4 aromatic rings. The van der Waals surface area contributed by atoms with E-state index in [1.807, 2.05) is 24.3 Å². The van der Waals surface area contributed by atoms with Crippen LogP contribution in [0, 0.1) is 5.82 Å². The van der Waals surface area contributed by atoms with Crippen molar-refractivity contribution < 1.29 is 4.39 Å². The SMILES string of the molecule is Cl.Fc1ccc(Nc2nc(N/N=C/c3cccc4ccccc34)nc(N3CCCCC3)n2)cc1. The Labute approximate surface area is 203 Å². The van der Waals surface area contributed by atoms with Gasteiger partial charge in [0.25, 0.3) is 0 Å². The Bertz CT molecular complexity index is 1270. The van der Waals surface area contributed by atoms with E-state index >= 15 is 0 Å². The number of aromatic nitrogens is 3. The fraction of sp³-hybridized carbons (Fsp3) is 0.200. The second kappa shape index (κ2) is 10.9. The number of hydrogen-bond donors (Lipinski definition) is 2. The Balaban J connectivity index is 0.00000274. The number of nitrogens with zero attached hydrogens (tertiary/aromatic N) is 5. The van der Waals surface area contributed by atoms with Crippen molar-refractivity contribution in [1.29, 1.82) is 0 Å². The summed E-state index contributed by atoms with van der Waals surface area (Å²) in [7, 11) is 0. The smallest absolute Gasteiger partial charge is 0.250 e. The summed E-state index contributed by atoms with van der Waals surface area (Å²) in [6, 6.07) is 20.3. The molecule has 0 bridgehead atoms. The minimum absolute atomic E-state index is 0. The molecule has 0 unspecified atom stereocenters. The molecule has 1 saturated heterocycles. The molecule has 0 atom stereocenters. The lowest BCUT2D eigenvalue weighted by Crippen LogP contribution is -2.31. The largest absolute Gasteiger partial charge is 0.341 e. The summed E-state index contributed by atoms with van der Waals surface area (Å²) in [6.45, 7) is 1.80. The van der Waals surface area contributed by atoms with Gasteiger partial charge in [-0.25, -0.2) is 9.82 Å². The molecule has 3 aromatic carbocycles. The molecular weight excluding hydrogens is 453 g/mol. The molecule has 0 spiro atoms. The minimum Gasteiger partial charge on any atom is -0.341 e. The van der Waals surface area contributed by atoms with E-state index < -0.39 is 0 Å². The van der Waals surface area contributed by atoms with E-state index in [9.17, 15) is 4.39 Å². The van der Waals surface area contributed by atoms with Gasteiger partial charge in [0.1, 0.15) is 5.82 Å². The van der Waals surface area contributed by atoms with Crippen LogP contribution in [0.1, 0.15) is 24.8 Å². The molecule has 0 saturated carbocycles. The van der Waals surface area contributed by atoms with Gasteiger partial charge in [-0.2, -0.15) is 20.1 Å². The number of hydrazone groups is 1. The van der Waals surface area contributed by atoms with Crippen molar-refractivity contribution in [1.82, 2.24) is 15.0 Å². The number of piperidine rings is 1. The van der Waals surface area contributed by atoms with Crippen molar-refractivity contribution in [2.24, 2.45) is 5.10 Å². The van der Waals surface area contributed by atoms with Gasteiger partial charge in [0.2, 0.25) is 17.8 Å². The Hall–Kier alpha value is -3.78. The standard InChI is InChI=1S/C25H24FN7.ClH/c26-20-11-13-21(14-12-20)28-23-29-24(31-25(30-23)33-15-4-1-5-16-33)32-27-17-19-9-6-8-18-7-2-3-10-22(18)19;/h2-3,6-14,17H,1,4-5,15-16H2,(H2,28,29,30,31,32);1H/b27-17+;. The summed E-state index contributed by atoms with van der Waals surface area (Å²) in [5.41, 5.74) is 4.64. The zero-order chi connectivity index (χ0) is 22.5. The Morgan fingerprint density at radius 1 is 0.824 bits per heavy atom. The van der Waals surface area contributed by atoms with E-state index in [0.717, 1.165) is 42.3 Å². The molecule has 2 heterocycles. The highest BCUT2D eigenvalue weighted by Gasteiger charge is 2.16. The summed E-state index contributed by atoms with van der Waals surface area (Å²) in [6.07, 6.45) is 5.19. The van der Waals surface area contributed by atoms with E-state index in [2.05, 4.69) is 53.9 Å². The van der Waals surface area contributed by atoms with Crippen LogP contribution >= 0.6 is 12.4 Å². The predicted molar refractivity (Wildman–Crippen MR) is 138 cm³/mol. The first-order valence-corrected chi connectivity index (χ1v) is 11.0. The predicted octanol–water partition coefficient (Wildman–Crippen LogP) is 5.77. The van der Waals surface area contributed by atoms with Gasteiger partial charge in [0.05, 0.1) is 6.21 Å². The number of fused-ring (bicyclic) bond motifs is 1. The van der Waals surface area contributed by atoms with Crippen molar-refractivity contribution in [2.45, 2.75) is 19.3 Å². The zero-order valence-corrected chi connectivity index (χ0v) is 19.3. The highest BCUT2D eigenvalue weighted by molar-refractivity contribution is 5.99. The van der Waals surface area contributed by atoms with E-state index in [0.29, 0.717) is 23.5 Å². The first kappa shape index (κ1) is 23.4. The number of benzene rings is 3. The van der Waals surface area contributed by atoms with Crippen LogP contribution in [0.15, 0.2) is 71.8 Å². The van der Waals surface area contributed by atoms with Crippen LogP contribution in [-0.2, 0) is 0 Å². The Kier molecular flexibility index (Phi) is 7.49. The zero-order valence-electron chi connectivity index (χ0n) is 18.5. The first-order chi connectivity index (χ1) is 16.2. The monoisotopic (exact) mass is 477 g/mol. The van der Waals surface area contributed by atoms with Crippen molar-refractivity contribution in [3.8, 4) is 0 Å². The van der Waals surface area contributed by atoms with Crippen LogP contribution in [-0.4, -0.2) is 34.3 Å². The van der Waals surface area contributed by atoms with Gasteiger partial charge in [0, 0.05) is 24.3 Å². The molecular formula is C25H25ClFN7. The van der Waals surface area contributed by atoms with Crippen molar-refractivity contribution in [2.75, 3.05) is 28.7 Å². The van der Waals surface area contributed by atoms with E-state index in [1.54, 1.807) is 18.3 Å². The van der Waals surface area contributed by atoms with Crippen molar-refractivity contribution in [3.05, 3.63) is 78.1 Å². The summed E-state index contributed by atoms with van der Waals surface area (Å²) in [5.74, 6) is 1.01. The van der Waals surface area contributed by atoms with Crippen LogP contribution < -0.4 is 15.6 Å². The van der Waals surface area contributed by atoms with Gasteiger partial charge in [-0.1, -0.05) is 42.5 Å². The maximum atomic E-state index is 13.3. The first-order valence-electron chi connectivity index (χ1n) is 11.0. The van der Waals surface area contributed by atoms with Crippen LogP contribution in [0.4, 0.5) is 27.9 Å². The highest BCUT2D eigenvalue weighted by atomic mass is 35.5. The maximum Gasteiger partial charge on any atom is 0.250 e. The number of rotatable bonds is 6. The van der Waals surface area contributed by atoms with E-state index in [4.69, 9.17) is 0 Å². The lowest BCUT2D eigenvalue weighted by atomic mass is 10.1. The van der Waals surface area contributed by atoms with Crippen molar-refractivity contribution in [3.63, 3.8) is 0 Å². The number of anilines is 4. The maximum absolute atomic E-state index is 13.3. The second-order valence-corrected chi connectivity index (χ2v) is 7.90. The Morgan fingerprint density at radius 3 is 2.38 bits per heavy atom. The van der Waals surface area contributed by atoms with Crippen LogP contribution in [0.25, 0.3) is 10.8 Å². The molecule has 1 fully saturated rings. The summed E-state index contributed by atoms with van der Waals surface area (Å²) in [5, 5.41) is 9.79. The molecule has 1 aliphatic heterocycles. The fourth-order valence-corrected chi connectivity index (χ4v) is 3.89. The minimum atomic E-state index is -0.296. The third-order valence-corrected chi connectivity index (χ3v) is 5.55. The molecule has 5 rings (SSSR count). The van der Waals surface area contributed by atoms with Gasteiger partial charge in [-0.05, 0) is 54.3 Å². The molecule has 34 heavy (non-hydrogen) atoms. The molecule has 0 amide bonds. The molecule has 0 aliphatic carbocycles. The third kappa shape index (κ3) is 5.58. The molecule has 174 valence electrons. The molecule has 0 radical (unpaired) electrons. The van der Waals surface area contributed by atoms with Crippen LogP contribution in [0.5, 0.6) is 0 Å². The van der Waals surface area contributed by atoms with E-state index in [-0.39, 0.29) is 18.2 Å². The normalized spacial score (nSPS) is 13.6. The van der Waals surface area contributed by atoms with Crippen molar-refractivity contribution >= 4 is 52.9 Å². The van der Waals surface area contributed by atoms with Gasteiger partial charge >= 0.3 is 0 Å². The number of hydrogen-bond acceptors (Lipinski definition) is 7. The average Bonchev–Trinajstić information content (AvgIpc) is 2.86. The molecule has 1 aliphatic rings. The Morgan fingerprint density at radius 2 is 1.56 bits per heavy atom. The summed E-state index contributed by atoms with van der Waals surface area (Å²) < 4.78 is 13.3. The average molecular weight is 478 g/mol. The molecule has 2 N–H and O–H groups in total. The molecule has 9 heteroatoms. The lowest BCUT2D eigenvalue weighted by Gasteiger charge is -2.26. The quantitative estimate of drug-likeness (QED) is 0.271. The van der Waals surface area contributed by atoms with Crippen LogP contribution in [0.2, 0.25) is 0 Å². The van der Waals surface area contributed by atoms with Gasteiger partial charge < -0.3 is 10.2 Å². The molecule has 1 aromatic heterocycles.